The van der Waals surface area contributed by atoms with Gasteiger partial charge in [0.15, 0.2) is 5.78 Å². The molecule has 0 heterocycles. The lowest BCUT2D eigenvalue weighted by molar-refractivity contribution is -0.384. The summed E-state index contributed by atoms with van der Waals surface area (Å²) < 4.78 is 0. The van der Waals surface area contributed by atoms with Gasteiger partial charge in [0.05, 0.1) is 10.6 Å². The number of rotatable bonds is 5. The third-order valence-electron chi connectivity index (χ3n) is 4.07. The number of benzene rings is 3. The van der Waals surface area contributed by atoms with E-state index in [0.29, 0.717) is 11.3 Å². The number of nitrogens with one attached hydrogen (secondary N) is 1. The number of hydrogen-bond acceptors (Lipinski definition) is 4. The molecule has 0 aliphatic heterocycles. The Labute approximate surface area is 169 Å². The van der Waals surface area contributed by atoms with Gasteiger partial charge in [0, 0.05) is 23.3 Å². The summed E-state index contributed by atoms with van der Waals surface area (Å²) in [6, 6.07) is 20.2. The van der Waals surface area contributed by atoms with Gasteiger partial charge >= 0.3 is 0 Å². The van der Waals surface area contributed by atoms with Crippen LogP contribution < -0.4 is 5.32 Å². The van der Waals surface area contributed by atoms with Crippen LogP contribution in [0.25, 0.3) is 11.1 Å². The zero-order valence-corrected chi connectivity index (χ0v) is 16.5. The predicted octanol–water partition coefficient (Wildman–Crippen LogP) is 5.74. The Morgan fingerprint density at radius 2 is 1.55 bits per heavy atom. The molecule has 29 heavy (non-hydrogen) atoms. The van der Waals surface area contributed by atoms with Gasteiger partial charge in [0.2, 0.25) is 0 Å². The third kappa shape index (κ3) is 5.35. The van der Waals surface area contributed by atoms with E-state index in [1.807, 2.05) is 50.2 Å². The number of carbonyl (C=O) groups is 2. The largest absolute Gasteiger partial charge is 0.321 e. The first-order valence-corrected chi connectivity index (χ1v) is 9.22. The van der Waals surface area contributed by atoms with Crippen molar-refractivity contribution in [2.75, 3.05) is 5.32 Å². The van der Waals surface area contributed by atoms with Crippen LogP contribution in [0.15, 0.2) is 72.8 Å². The highest BCUT2D eigenvalue weighted by Gasteiger charge is 2.15. The average Bonchev–Trinajstić information content (AvgIpc) is 2.75. The molecule has 3 aromatic carbocycles. The molecule has 1 amide bonds. The highest BCUT2D eigenvalue weighted by Crippen LogP contribution is 2.27. The van der Waals surface area contributed by atoms with Crippen molar-refractivity contribution in [1.82, 2.24) is 0 Å². The van der Waals surface area contributed by atoms with Gasteiger partial charge in [-0.05, 0) is 36.2 Å². The molecule has 0 bridgehead atoms. The molecule has 6 nitrogen and oxygen atoms in total. The third-order valence-corrected chi connectivity index (χ3v) is 4.07. The van der Waals surface area contributed by atoms with Crippen LogP contribution >= 0.6 is 0 Å². The van der Waals surface area contributed by atoms with Gasteiger partial charge in [-0.2, -0.15) is 0 Å². The molecule has 0 aliphatic carbocycles. The summed E-state index contributed by atoms with van der Waals surface area (Å²) in [4.78, 5) is 34.8. The lowest BCUT2D eigenvalue weighted by Crippen LogP contribution is -2.14. The van der Waals surface area contributed by atoms with Crippen LogP contribution in [0.5, 0.6) is 0 Å². The van der Waals surface area contributed by atoms with E-state index in [-0.39, 0.29) is 17.0 Å². The van der Waals surface area contributed by atoms with Gasteiger partial charge in [0.25, 0.3) is 11.6 Å². The molecule has 0 atom stereocenters. The summed E-state index contributed by atoms with van der Waals surface area (Å²) >= 11 is 0. The van der Waals surface area contributed by atoms with Crippen molar-refractivity contribution in [1.29, 1.82) is 0 Å². The minimum Gasteiger partial charge on any atom is -0.321 e. The van der Waals surface area contributed by atoms with E-state index in [1.165, 1.54) is 31.2 Å². The molecule has 148 valence electrons. The number of anilines is 1. The maximum absolute atomic E-state index is 12.6. The first-order chi connectivity index (χ1) is 14.0. The van der Waals surface area contributed by atoms with Crippen molar-refractivity contribution in [3.05, 3.63) is 94.0 Å². The zero-order valence-electron chi connectivity index (χ0n) is 16.5. The molecule has 0 spiro atoms. The first-order valence-electron chi connectivity index (χ1n) is 9.22. The van der Waals surface area contributed by atoms with Gasteiger partial charge in [-0.25, -0.2) is 0 Å². The van der Waals surface area contributed by atoms with Gasteiger partial charge in [-0.3, -0.25) is 19.7 Å². The van der Waals surface area contributed by atoms with Crippen LogP contribution in [0.3, 0.4) is 0 Å². The summed E-state index contributed by atoms with van der Waals surface area (Å²) in [7, 11) is 0. The van der Waals surface area contributed by atoms with Crippen molar-refractivity contribution in [3.63, 3.8) is 0 Å². The highest BCUT2D eigenvalue weighted by atomic mass is 16.6. The molecular formula is C23H22N2O4. The number of Topliss-reactive ketones (excluding diaryl/α,β-unsaturated/α-hetero) is 1. The van der Waals surface area contributed by atoms with Crippen molar-refractivity contribution in [3.8, 4) is 11.1 Å². The van der Waals surface area contributed by atoms with Crippen LogP contribution in [0.2, 0.25) is 0 Å². The number of ketones is 1. The van der Waals surface area contributed by atoms with Crippen molar-refractivity contribution in [2.24, 2.45) is 0 Å². The predicted molar refractivity (Wildman–Crippen MR) is 114 cm³/mol. The minimum atomic E-state index is -0.562. The summed E-state index contributed by atoms with van der Waals surface area (Å²) in [5.74, 6) is -0.713. The maximum atomic E-state index is 12.6. The molecule has 0 fully saturated rings. The van der Waals surface area contributed by atoms with Crippen LogP contribution in [-0.4, -0.2) is 16.6 Å². The number of non-ortho nitro benzene ring substituents is 1. The fourth-order valence-corrected chi connectivity index (χ4v) is 2.72. The second kappa shape index (κ2) is 9.94. The van der Waals surface area contributed by atoms with E-state index in [9.17, 15) is 19.7 Å². The van der Waals surface area contributed by atoms with E-state index in [2.05, 4.69) is 5.32 Å². The second-order valence-electron chi connectivity index (χ2n) is 5.94. The lowest BCUT2D eigenvalue weighted by Gasteiger charge is -2.12. The molecule has 1 N–H and O–H groups in total. The summed E-state index contributed by atoms with van der Waals surface area (Å²) in [6.45, 7) is 5.42. The van der Waals surface area contributed by atoms with Gasteiger partial charge < -0.3 is 5.32 Å². The first kappa shape index (κ1) is 21.5. The number of hydrogen-bond donors (Lipinski definition) is 1. The summed E-state index contributed by atoms with van der Waals surface area (Å²) in [5.41, 5.74) is 2.48. The number of nitro benzene ring substituents is 1. The fraction of sp³-hybridized carbons (Fsp3) is 0.130. The Balaban J connectivity index is 0.00000145. The Bertz CT molecular complexity index is 1030. The number of amides is 1. The number of nitrogens with zero attached hydrogens (tertiary/aromatic N) is 1. The van der Waals surface area contributed by atoms with E-state index in [0.717, 1.165) is 11.1 Å². The molecule has 3 rings (SSSR count). The highest BCUT2D eigenvalue weighted by molar-refractivity contribution is 6.09. The van der Waals surface area contributed by atoms with Crippen LogP contribution in [0, 0.1) is 10.1 Å². The van der Waals surface area contributed by atoms with Crippen LogP contribution in [0.4, 0.5) is 11.4 Å². The maximum Gasteiger partial charge on any atom is 0.270 e. The smallest absolute Gasteiger partial charge is 0.270 e. The van der Waals surface area contributed by atoms with Crippen molar-refractivity contribution >= 4 is 23.1 Å². The second-order valence-corrected chi connectivity index (χ2v) is 5.94. The van der Waals surface area contributed by atoms with E-state index >= 15 is 0 Å². The summed E-state index contributed by atoms with van der Waals surface area (Å²) in [6.07, 6.45) is 0. The molecular weight excluding hydrogens is 368 g/mol. The van der Waals surface area contributed by atoms with Crippen LogP contribution in [-0.2, 0) is 0 Å². The monoisotopic (exact) mass is 390 g/mol. The Kier molecular flexibility index (Phi) is 7.37. The number of nitro groups is 1. The average molecular weight is 390 g/mol. The van der Waals surface area contributed by atoms with Gasteiger partial charge in [-0.1, -0.05) is 56.3 Å². The molecule has 3 aromatic rings. The van der Waals surface area contributed by atoms with E-state index in [4.69, 9.17) is 0 Å². The molecule has 0 radical (unpaired) electrons. The molecule has 6 heteroatoms. The minimum absolute atomic E-state index is 0.142. The Morgan fingerprint density at radius 1 is 0.862 bits per heavy atom. The van der Waals surface area contributed by atoms with Crippen LogP contribution in [0.1, 0.15) is 41.5 Å². The number of carbonyl (C=O) groups excluding carboxylic acids is 2. The summed E-state index contributed by atoms with van der Waals surface area (Å²) in [5, 5.41) is 13.6. The van der Waals surface area contributed by atoms with E-state index < -0.39 is 10.8 Å². The SMILES string of the molecule is CC.CC(=O)c1ccc(-c2ccccc2)cc1NC(=O)c1cccc([N+](=O)[O-])c1. The topological polar surface area (TPSA) is 89.3 Å². The Morgan fingerprint density at radius 3 is 2.17 bits per heavy atom. The molecule has 0 unspecified atom stereocenters. The normalized spacial score (nSPS) is 9.76. The Hall–Kier alpha value is -3.80. The lowest BCUT2D eigenvalue weighted by atomic mass is 10.0. The zero-order chi connectivity index (χ0) is 21.4. The van der Waals surface area contributed by atoms with Gasteiger partial charge in [0.1, 0.15) is 0 Å². The molecule has 0 aliphatic rings. The van der Waals surface area contributed by atoms with E-state index in [1.54, 1.807) is 12.1 Å². The molecule has 0 saturated carbocycles. The quantitative estimate of drug-likeness (QED) is 0.341. The standard InChI is InChI=1S/C21H16N2O4.C2H6/c1-14(24)19-11-10-16(15-6-3-2-4-7-15)13-20(19)22-21(25)17-8-5-9-18(12-17)23(26)27;1-2/h2-13H,1H3,(H,22,25);1-2H3. The fourth-order valence-electron chi connectivity index (χ4n) is 2.72. The van der Waals surface area contributed by atoms with Crippen molar-refractivity contribution < 1.29 is 14.5 Å². The van der Waals surface area contributed by atoms with Gasteiger partial charge in [-0.15, -0.1) is 0 Å². The molecule has 0 aromatic heterocycles. The van der Waals surface area contributed by atoms with Crippen molar-refractivity contribution in [2.45, 2.75) is 20.8 Å². The molecule has 0 saturated heterocycles.